The van der Waals surface area contributed by atoms with Gasteiger partial charge in [-0.3, -0.25) is 14.8 Å². The number of nitrogens with one attached hydrogen (secondary N) is 3. The summed E-state index contributed by atoms with van der Waals surface area (Å²) in [5.41, 5.74) is 2.20. The lowest BCUT2D eigenvalue weighted by Crippen LogP contribution is -2.33. The van der Waals surface area contributed by atoms with Crippen LogP contribution >= 0.6 is 0 Å². The molecule has 2 aromatic rings. The van der Waals surface area contributed by atoms with Crippen molar-refractivity contribution in [3.63, 3.8) is 0 Å². The topological polar surface area (TPSA) is 96.9 Å². The number of benzene rings is 1. The molecule has 0 spiro atoms. The van der Waals surface area contributed by atoms with Crippen LogP contribution in [-0.4, -0.2) is 44.2 Å². The third kappa shape index (κ3) is 4.91. The number of guanidine groups is 1. The fourth-order valence-electron chi connectivity index (χ4n) is 2.84. The van der Waals surface area contributed by atoms with E-state index in [4.69, 9.17) is 9.47 Å². The van der Waals surface area contributed by atoms with Crippen LogP contribution in [0.15, 0.2) is 41.5 Å². The summed E-state index contributed by atoms with van der Waals surface area (Å²) in [6.07, 6.45) is 1.63. The number of methoxy groups -OCH3 is 2. The third-order valence-corrected chi connectivity index (χ3v) is 4.41. The zero-order valence-electron chi connectivity index (χ0n) is 16.3. The molecule has 28 heavy (non-hydrogen) atoms. The molecule has 0 fully saturated rings. The molecule has 1 unspecified atom stereocenters. The molecule has 1 aromatic heterocycles. The summed E-state index contributed by atoms with van der Waals surface area (Å²) in [6, 6.07) is 8.94. The summed E-state index contributed by atoms with van der Waals surface area (Å²) in [5.74, 6) is 1.88. The van der Waals surface area contributed by atoms with E-state index in [-0.39, 0.29) is 11.9 Å². The zero-order chi connectivity index (χ0) is 19.9. The van der Waals surface area contributed by atoms with Gasteiger partial charge in [0, 0.05) is 25.4 Å². The second kappa shape index (κ2) is 9.07. The summed E-state index contributed by atoms with van der Waals surface area (Å²) in [4.78, 5) is 21.1. The molecule has 3 rings (SSSR count). The zero-order valence-corrected chi connectivity index (χ0v) is 16.3. The number of ether oxygens (including phenoxy) is 2. The van der Waals surface area contributed by atoms with E-state index < -0.39 is 0 Å². The molecular weight excluding hydrogens is 358 g/mol. The minimum Gasteiger partial charge on any atom is -0.497 e. The minimum absolute atomic E-state index is 0.239. The molecule has 1 atom stereocenters. The summed E-state index contributed by atoms with van der Waals surface area (Å²) < 4.78 is 10.6. The van der Waals surface area contributed by atoms with Gasteiger partial charge in [0.15, 0.2) is 5.96 Å². The van der Waals surface area contributed by atoms with Crippen molar-refractivity contribution in [1.29, 1.82) is 0 Å². The van der Waals surface area contributed by atoms with Crippen molar-refractivity contribution in [2.24, 2.45) is 4.99 Å². The first-order valence-corrected chi connectivity index (χ1v) is 9.10. The SMILES string of the molecule is COc1cc(OC)cc(C(C)NC(=O)c2cc(CNC3=NCCN3)ccn2)c1. The van der Waals surface area contributed by atoms with E-state index >= 15 is 0 Å². The first-order valence-electron chi connectivity index (χ1n) is 9.10. The monoisotopic (exact) mass is 383 g/mol. The Morgan fingerprint density at radius 1 is 1.21 bits per heavy atom. The quantitative estimate of drug-likeness (QED) is 0.673. The fraction of sp³-hybridized carbons (Fsp3) is 0.350. The molecular formula is C20H25N5O3. The summed E-state index contributed by atoms with van der Waals surface area (Å²) >= 11 is 0. The number of aromatic nitrogens is 1. The van der Waals surface area contributed by atoms with Gasteiger partial charge in [-0.2, -0.15) is 0 Å². The van der Waals surface area contributed by atoms with Crippen LogP contribution in [0.4, 0.5) is 0 Å². The third-order valence-electron chi connectivity index (χ3n) is 4.41. The Bertz CT molecular complexity index is 846. The predicted molar refractivity (Wildman–Crippen MR) is 107 cm³/mol. The van der Waals surface area contributed by atoms with Gasteiger partial charge in [-0.1, -0.05) is 0 Å². The maximum Gasteiger partial charge on any atom is 0.270 e. The second-order valence-corrected chi connectivity index (χ2v) is 6.40. The lowest BCUT2D eigenvalue weighted by atomic mass is 10.1. The van der Waals surface area contributed by atoms with Crippen molar-refractivity contribution in [1.82, 2.24) is 20.9 Å². The highest BCUT2D eigenvalue weighted by Crippen LogP contribution is 2.26. The van der Waals surface area contributed by atoms with Gasteiger partial charge in [-0.05, 0) is 42.3 Å². The molecule has 0 saturated heterocycles. The van der Waals surface area contributed by atoms with Crippen LogP contribution in [0.2, 0.25) is 0 Å². The van der Waals surface area contributed by atoms with Gasteiger partial charge in [0.25, 0.3) is 5.91 Å². The van der Waals surface area contributed by atoms with Crippen molar-refractivity contribution in [3.05, 3.63) is 53.3 Å². The van der Waals surface area contributed by atoms with E-state index in [1.54, 1.807) is 32.5 Å². The molecule has 8 heteroatoms. The molecule has 1 aromatic carbocycles. The van der Waals surface area contributed by atoms with E-state index in [1.165, 1.54) is 0 Å². The summed E-state index contributed by atoms with van der Waals surface area (Å²) in [5, 5.41) is 9.33. The molecule has 1 aliphatic heterocycles. The van der Waals surface area contributed by atoms with Crippen molar-refractivity contribution < 1.29 is 14.3 Å². The van der Waals surface area contributed by atoms with Gasteiger partial charge in [0.2, 0.25) is 0 Å². The van der Waals surface area contributed by atoms with E-state index in [9.17, 15) is 4.79 Å². The maximum atomic E-state index is 12.7. The number of pyridine rings is 1. The van der Waals surface area contributed by atoms with Crippen molar-refractivity contribution in [2.45, 2.75) is 19.5 Å². The molecule has 3 N–H and O–H groups in total. The number of aliphatic imine (C=N–C) groups is 1. The van der Waals surface area contributed by atoms with E-state index in [1.807, 2.05) is 25.1 Å². The second-order valence-electron chi connectivity index (χ2n) is 6.40. The summed E-state index contributed by atoms with van der Waals surface area (Å²) in [6.45, 7) is 4.09. The van der Waals surface area contributed by atoms with Crippen LogP contribution in [0.25, 0.3) is 0 Å². The first kappa shape index (κ1) is 19.5. The highest BCUT2D eigenvalue weighted by atomic mass is 16.5. The van der Waals surface area contributed by atoms with Crippen molar-refractivity contribution >= 4 is 11.9 Å². The Kier molecular flexibility index (Phi) is 6.31. The molecule has 2 heterocycles. The lowest BCUT2D eigenvalue weighted by Gasteiger charge is -2.16. The van der Waals surface area contributed by atoms with Gasteiger partial charge >= 0.3 is 0 Å². The van der Waals surface area contributed by atoms with Gasteiger partial charge in [-0.15, -0.1) is 0 Å². The number of hydrogen-bond donors (Lipinski definition) is 3. The van der Waals surface area contributed by atoms with Gasteiger partial charge in [0.1, 0.15) is 17.2 Å². The standard InChI is InChI=1S/C20H25N5O3/c1-13(15-9-16(27-2)11-17(10-15)28-3)25-19(26)18-8-14(4-5-21-18)12-24-20-22-6-7-23-20/h4-5,8-11,13H,6-7,12H2,1-3H3,(H,25,26)(H2,22,23,24). The van der Waals surface area contributed by atoms with E-state index in [0.717, 1.165) is 30.2 Å². The normalized spacial score (nSPS) is 13.9. The average Bonchev–Trinajstić information content (AvgIpc) is 3.25. The van der Waals surface area contributed by atoms with E-state index in [0.29, 0.717) is 23.7 Å². The molecule has 0 saturated carbocycles. The van der Waals surface area contributed by atoms with Crippen molar-refractivity contribution in [3.8, 4) is 11.5 Å². The average molecular weight is 383 g/mol. The molecule has 0 bridgehead atoms. The molecule has 148 valence electrons. The number of amides is 1. The van der Waals surface area contributed by atoms with Gasteiger partial charge in [0.05, 0.1) is 26.8 Å². The van der Waals surface area contributed by atoms with Crippen LogP contribution in [-0.2, 0) is 6.54 Å². The van der Waals surface area contributed by atoms with Crippen molar-refractivity contribution in [2.75, 3.05) is 27.3 Å². The predicted octanol–water partition coefficient (Wildman–Crippen LogP) is 1.64. The Morgan fingerprint density at radius 3 is 2.61 bits per heavy atom. The highest BCUT2D eigenvalue weighted by Gasteiger charge is 2.15. The molecule has 1 aliphatic rings. The maximum absolute atomic E-state index is 12.7. The molecule has 0 radical (unpaired) electrons. The number of carbonyl (C=O) groups excluding carboxylic acids is 1. The minimum atomic E-state index is -0.243. The molecule has 8 nitrogen and oxygen atoms in total. The van der Waals surface area contributed by atoms with Crippen LogP contribution in [0, 0.1) is 0 Å². The smallest absolute Gasteiger partial charge is 0.270 e. The largest absolute Gasteiger partial charge is 0.497 e. The van der Waals surface area contributed by atoms with Gasteiger partial charge in [-0.25, -0.2) is 0 Å². The number of hydrogen-bond acceptors (Lipinski definition) is 7. The van der Waals surface area contributed by atoms with Crippen LogP contribution < -0.4 is 25.4 Å². The highest BCUT2D eigenvalue weighted by molar-refractivity contribution is 5.92. The number of nitrogens with zero attached hydrogens (tertiary/aromatic N) is 2. The lowest BCUT2D eigenvalue weighted by molar-refractivity contribution is 0.0934. The molecule has 1 amide bonds. The Labute approximate surface area is 164 Å². The van der Waals surface area contributed by atoms with Crippen LogP contribution in [0.5, 0.6) is 11.5 Å². The fourth-order valence-corrected chi connectivity index (χ4v) is 2.84. The van der Waals surface area contributed by atoms with Crippen LogP contribution in [0.1, 0.15) is 34.6 Å². The Hall–Kier alpha value is -3.29. The number of rotatable bonds is 7. The van der Waals surface area contributed by atoms with Gasteiger partial charge < -0.3 is 25.4 Å². The summed E-state index contributed by atoms with van der Waals surface area (Å²) in [7, 11) is 3.19. The molecule has 0 aliphatic carbocycles. The van der Waals surface area contributed by atoms with Crippen LogP contribution in [0.3, 0.4) is 0 Å². The Balaban J connectivity index is 1.66. The number of carbonyl (C=O) groups is 1. The Morgan fingerprint density at radius 2 is 1.96 bits per heavy atom. The van der Waals surface area contributed by atoms with E-state index in [2.05, 4.69) is 25.9 Å². The first-order chi connectivity index (χ1) is 13.6.